The van der Waals surface area contributed by atoms with Crippen LogP contribution in [0.5, 0.6) is 0 Å². The number of aliphatic carboxylic acids is 1. The molecule has 0 aromatic heterocycles. The first-order valence-corrected chi connectivity index (χ1v) is 5.06. The molecule has 0 spiro atoms. The van der Waals surface area contributed by atoms with Gasteiger partial charge in [0, 0.05) is 0 Å². The van der Waals surface area contributed by atoms with Gasteiger partial charge < -0.3 is 5.11 Å². The van der Waals surface area contributed by atoms with Gasteiger partial charge in [-0.2, -0.15) is 0 Å². The molecule has 0 amide bonds. The molecule has 0 saturated carbocycles. The molecule has 15 heavy (non-hydrogen) atoms. The van der Waals surface area contributed by atoms with E-state index < -0.39 is 10.8 Å². The first kappa shape index (κ1) is 10.2. The molecular weight excluding hydrogens is 212 g/mol. The van der Waals surface area contributed by atoms with Crippen molar-refractivity contribution in [2.45, 2.75) is 18.7 Å². The number of carboxylic acids is 1. The monoisotopic (exact) mass is 222 g/mol. The average Bonchev–Trinajstić information content (AvgIpc) is 2.39. The van der Waals surface area contributed by atoms with Crippen molar-refractivity contribution in [3.8, 4) is 0 Å². The highest BCUT2D eigenvalue weighted by atomic mass is 35.5. The largest absolute Gasteiger partial charge is 0.478 e. The number of hydrogen-bond donors (Lipinski definition) is 1. The molecule has 0 fully saturated rings. The van der Waals surface area contributed by atoms with E-state index in [1.807, 2.05) is 25.1 Å². The number of hydrogen-bond acceptors (Lipinski definition) is 1. The third-order valence-electron chi connectivity index (χ3n) is 2.75. The van der Waals surface area contributed by atoms with Crippen molar-refractivity contribution in [1.82, 2.24) is 0 Å². The zero-order valence-electron chi connectivity index (χ0n) is 8.54. The summed E-state index contributed by atoms with van der Waals surface area (Å²) in [5.74, 6) is -0.957. The predicted molar refractivity (Wildman–Crippen MR) is 60.0 cm³/mol. The van der Waals surface area contributed by atoms with Crippen LogP contribution in [0.3, 0.4) is 0 Å². The Morgan fingerprint density at radius 1 is 1.47 bits per heavy atom. The van der Waals surface area contributed by atoms with Crippen molar-refractivity contribution in [3.63, 3.8) is 0 Å². The molecule has 78 valence electrons. The molecule has 0 saturated heterocycles. The summed E-state index contributed by atoms with van der Waals surface area (Å²) < 4.78 is 0. The number of carbonyl (C=O) groups is 1. The Morgan fingerprint density at radius 2 is 2.13 bits per heavy atom. The second-order valence-corrected chi connectivity index (χ2v) is 4.71. The van der Waals surface area contributed by atoms with E-state index in [1.165, 1.54) is 0 Å². The van der Waals surface area contributed by atoms with E-state index in [4.69, 9.17) is 16.7 Å². The Balaban J connectivity index is 2.62. The molecule has 0 bridgehead atoms. The maximum atomic E-state index is 11.0. The third-order valence-corrected chi connectivity index (χ3v) is 3.16. The summed E-state index contributed by atoms with van der Waals surface area (Å²) in [6.07, 6.45) is 1.64. The van der Waals surface area contributed by atoms with E-state index in [9.17, 15) is 4.79 Å². The normalized spacial score (nSPS) is 23.5. The molecule has 2 rings (SSSR count). The summed E-state index contributed by atoms with van der Waals surface area (Å²) >= 11 is 6.28. The molecular formula is C12H11ClO2. The Bertz CT molecular complexity index is 473. The van der Waals surface area contributed by atoms with E-state index in [1.54, 1.807) is 13.0 Å². The highest BCUT2D eigenvalue weighted by Gasteiger charge is 2.39. The van der Waals surface area contributed by atoms with Gasteiger partial charge in [0.1, 0.15) is 0 Å². The van der Waals surface area contributed by atoms with E-state index in [2.05, 4.69) is 0 Å². The van der Waals surface area contributed by atoms with Crippen LogP contribution in [-0.2, 0) is 9.67 Å². The highest BCUT2D eigenvalue weighted by molar-refractivity contribution is 6.30. The van der Waals surface area contributed by atoms with Gasteiger partial charge in [-0.3, -0.25) is 0 Å². The summed E-state index contributed by atoms with van der Waals surface area (Å²) in [4.78, 5) is 10.1. The van der Waals surface area contributed by atoms with Gasteiger partial charge in [-0.1, -0.05) is 23.8 Å². The molecule has 0 heterocycles. The van der Waals surface area contributed by atoms with Crippen molar-refractivity contribution < 1.29 is 9.90 Å². The van der Waals surface area contributed by atoms with Crippen LogP contribution in [0.2, 0.25) is 0 Å². The summed E-state index contributed by atoms with van der Waals surface area (Å²) in [7, 11) is 0. The molecule has 3 heteroatoms. The quantitative estimate of drug-likeness (QED) is 0.742. The van der Waals surface area contributed by atoms with Crippen molar-refractivity contribution in [2.24, 2.45) is 0 Å². The summed E-state index contributed by atoms with van der Waals surface area (Å²) in [5, 5.41) is 9.04. The number of fused-ring (bicyclic) bond motifs is 1. The number of alkyl halides is 1. The number of aryl methyl sites for hydroxylation is 1. The molecule has 1 N–H and O–H groups in total. The lowest BCUT2D eigenvalue weighted by Crippen LogP contribution is -2.19. The van der Waals surface area contributed by atoms with Gasteiger partial charge in [-0.25, -0.2) is 4.79 Å². The standard InChI is InChI=1S/C12H11ClO2/c1-7-3-4-8-6-10(11(14)15)12(2,13)9(8)5-7/h3-6H,1-2H3,(H,14,15). The smallest absolute Gasteiger partial charge is 0.333 e. The van der Waals surface area contributed by atoms with Gasteiger partial charge in [0.05, 0.1) is 10.4 Å². The minimum absolute atomic E-state index is 0.241. The van der Waals surface area contributed by atoms with Gasteiger partial charge in [0.25, 0.3) is 0 Å². The zero-order valence-corrected chi connectivity index (χ0v) is 9.30. The minimum atomic E-state index is -0.957. The molecule has 2 nitrogen and oxygen atoms in total. The number of halogens is 1. The van der Waals surface area contributed by atoms with E-state index in [-0.39, 0.29) is 5.57 Å². The third kappa shape index (κ3) is 1.45. The molecule has 1 atom stereocenters. The molecule has 1 aliphatic rings. The van der Waals surface area contributed by atoms with Gasteiger partial charge in [0.2, 0.25) is 0 Å². The SMILES string of the molecule is Cc1ccc2c(c1)C(C)(Cl)C(C(=O)O)=C2. The van der Waals surface area contributed by atoms with Crippen molar-refractivity contribution in [1.29, 1.82) is 0 Å². The van der Waals surface area contributed by atoms with Crippen molar-refractivity contribution in [3.05, 3.63) is 40.5 Å². The molecule has 0 radical (unpaired) electrons. The zero-order chi connectivity index (χ0) is 11.2. The Kier molecular flexibility index (Phi) is 2.12. The Hall–Kier alpha value is -1.28. The van der Waals surface area contributed by atoms with Crippen molar-refractivity contribution >= 4 is 23.6 Å². The fourth-order valence-electron chi connectivity index (χ4n) is 1.90. The lowest BCUT2D eigenvalue weighted by atomic mass is 9.95. The van der Waals surface area contributed by atoms with Gasteiger partial charge in [-0.15, -0.1) is 11.6 Å². The summed E-state index contributed by atoms with van der Waals surface area (Å²) in [5.41, 5.74) is 3.10. The summed E-state index contributed by atoms with van der Waals surface area (Å²) in [6, 6.07) is 5.79. The van der Waals surface area contributed by atoms with Crippen LogP contribution in [0.1, 0.15) is 23.6 Å². The lowest BCUT2D eigenvalue weighted by molar-refractivity contribution is -0.132. The van der Waals surface area contributed by atoms with Crippen LogP contribution in [0.15, 0.2) is 23.8 Å². The number of rotatable bonds is 1. The van der Waals surface area contributed by atoms with E-state index >= 15 is 0 Å². The first-order chi connectivity index (χ1) is 6.93. The second kappa shape index (κ2) is 3.11. The highest BCUT2D eigenvalue weighted by Crippen LogP contribution is 2.45. The van der Waals surface area contributed by atoms with Gasteiger partial charge in [-0.05, 0) is 31.1 Å². The van der Waals surface area contributed by atoms with Crippen molar-refractivity contribution in [2.75, 3.05) is 0 Å². The minimum Gasteiger partial charge on any atom is -0.478 e. The second-order valence-electron chi connectivity index (χ2n) is 3.96. The van der Waals surface area contributed by atoms with E-state index in [0.717, 1.165) is 16.7 Å². The maximum absolute atomic E-state index is 11.0. The van der Waals surface area contributed by atoms with Crippen LogP contribution >= 0.6 is 11.6 Å². The number of carboxylic acid groups (broad SMARTS) is 1. The van der Waals surface area contributed by atoms with E-state index in [0.29, 0.717) is 0 Å². The fraction of sp³-hybridized carbons (Fsp3) is 0.250. The Labute approximate surface area is 93.2 Å². The molecule has 0 aliphatic heterocycles. The van der Waals surface area contributed by atoms with Crippen LogP contribution < -0.4 is 0 Å². The summed E-state index contributed by atoms with van der Waals surface area (Å²) in [6.45, 7) is 3.69. The van der Waals surface area contributed by atoms with Crippen LogP contribution in [0.25, 0.3) is 6.08 Å². The molecule has 1 aromatic carbocycles. The van der Waals surface area contributed by atoms with Crippen LogP contribution in [-0.4, -0.2) is 11.1 Å². The molecule has 1 unspecified atom stereocenters. The Morgan fingerprint density at radius 3 is 2.73 bits per heavy atom. The van der Waals surface area contributed by atoms with Gasteiger partial charge in [0.15, 0.2) is 0 Å². The van der Waals surface area contributed by atoms with Gasteiger partial charge >= 0.3 is 5.97 Å². The maximum Gasteiger partial charge on any atom is 0.333 e. The lowest BCUT2D eigenvalue weighted by Gasteiger charge is -2.19. The predicted octanol–water partition coefficient (Wildman–Crippen LogP) is 2.93. The molecule has 1 aliphatic carbocycles. The average molecular weight is 223 g/mol. The number of benzene rings is 1. The molecule has 1 aromatic rings. The van der Waals surface area contributed by atoms with Crippen LogP contribution in [0.4, 0.5) is 0 Å². The first-order valence-electron chi connectivity index (χ1n) is 4.68. The fourth-order valence-corrected chi connectivity index (χ4v) is 2.20. The topological polar surface area (TPSA) is 37.3 Å². The van der Waals surface area contributed by atoms with Crippen LogP contribution in [0, 0.1) is 6.92 Å².